The van der Waals surface area contributed by atoms with Crippen LogP contribution in [0.4, 0.5) is 4.39 Å². The molecule has 1 aliphatic heterocycles. The van der Waals surface area contributed by atoms with Gasteiger partial charge in [-0.25, -0.2) is 4.39 Å². The van der Waals surface area contributed by atoms with Crippen LogP contribution in [0.2, 0.25) is 0 Å². The van der Waals surface area contributed by atoms with Crippen LogP contribution >= 0.6 is 0 Å². The minimum Gasteiger partial charge on any atom is -0.486 e. The molecule has 0 fully saturated rings. The summed E-state index contributed by atoms with van der Waals surface area (Å²) in [4.78, 5) is 0. The van der Waals surface area contributed by atoms with Crippen molar-refractivity contribution in [2.75, 3.05) is 13.2 Å². The third-order valence-corrected chi connectivity index (χ3v) is 2.41. The maximum atomic E-state index is 13.3. The van der Waals surface area contributed by atoms with Gasteiger partial charge in [0.25, 0.3) is 0 Å². The van der Waals surface area contributed by atoms with Gasteiger partial charge in [-0.05, 0) is 11.5 Å². The molecule has 2 rings (SSSR count). The van der Waals surface area contributed by atoms with Gasteiger partial charge in [-0.3, -0.25) is 0 Å². The fraction of sp³-hybridized carbons (Fsp3) is 0.500. The Morgan fingerprint density at radius 2 is 1.80 bits per heavy atom. The molecule has 82 valence electrons. The molecule has 0 unspecified atom stereocenters. The van der Waals surface area contributed by atoms with E-state index in [4.69, 9.17) is 9.47 Å². The fourth-order valence-corrected chi connectivity index (χ4v) is 1.68. The molecule has 0 saturated heterocycles. The molecule has 1 aromatic rings. The summed E-state index contributed by atoms with van der Waals surface area (Å²) in [7, 11) is 0. The van der Waals surface area contributed by atoms with Crippen molar-refractivity contribution in [3.63, 3.8) is 0 Å². The standard InChI is InChI=1S/C12H15FO2/c1-12(2,3)9-6-8(13)7-10-11(9)15-5-4-14-10/h6-7H,4-5H2,1-3H3. The minimum atomic E-state index is -0.274. The smallest absolute Gasteiger partial charge is 0.165 e. The second-order valence-corrected chi connectivity index (χ2v) is 4.73. The average molecular weight is 210 g/mol. The number of hydrogen-bond donors (Lipinski definition) is 0. The first kappa shape index (κ1) is 10.3. The molecule has 0 aromatic heterocycles. The molecule has 0 aliphatic carbocycles. The van der Waals surface area contributed by atoms with E-state index in [1.54, 1.807) is 0 Å². The number of benzene rings is 1. The van der Waals surface area contributed by atoms with E-state index in [0.717, 1.165) is 5.56 Å². The summed E-state index contributed by atoms with van der Waals surface area (Å²) in [6.07, 6.45) is 0. The molecule has 1 aliphatic rings. The Kier molecular flexibility index (Phi) is 2.33. The van der Waals surface area contributed by atoms with Gasteiger partial charge in [0.15, 0.2) is 11.5 Å². The van der Waals surface area contributed by atoms with Gasteiger partial charge in [0.05, 0.1) is 0 Å². The molecule has 0 atom stereocenters. The molecule has 1 heterocycles. The molecule has 0 spiro atoms. The minimum absolute atomic E-state index is 0.146. The van der Waals surface area contributed by atoms with Gasteiger partial charge in [0.1, 0.15) is 19.0 Å². The van der Waals surface area contributed by atoms with E-state index in [2.05, 4.69) is 0 Å². The molecule has 0 bridgehead atoms. The number of rotatable bonds is 0. The van der Waals surface area contributed by atoms with E-state index < -0.39 is 0 Å². The van der Waals surface area contributed by atoms with Crippen LogP contribution in [-0.2, 0) is 5.41 Å². The van der Waals surface area contributed by atoms with Gasteiger partial charge >= 0.3 is 0 Å². The maximum Gasteiger partial charge on any atom is 0.165 e. The number of halogens is 1. The molecule has 0 N–H and O–H groups in total. The van der Waals surface area contributed by atoms with Crippen LogP contribution in [0.15, 0.2) is 12.1 Å². The number of fused-ring (bicyclic) bond motifs is 1. The van der Waals surface area contributed by atoms with E-state index >= 15 is 0 Å². The molecule has 0 radical (unpaired) electrons. The van der Waals surface area contributed by atoms with Gasteiger partial charge in [-0.2, -0.15) is 0 Å². The van der Waals surface area contributed by atoms with E-state index in [1.807, 2.05) is 20.8 Å². The zero-order chi connectivity index (χ0) is 11.1. The van der Waals surface area contributed by atoms with Crippen molar-refractivity contribution in [2.24, 2.45) is 0 Å². The van der Waals surface area contributed by atoms with Gasteiger partial charge in [-0.15, -0.1) is 0 Å². The van der Waals surface area contributed by atoms with Crippen molar-refractivity contribution in [3.05, 3.63) is 23.5 Å². The van der Waals surface area contributed by atoms with Crippen molar-refractivity contribution in [3.8, 4) is 11.5 Å². The van der Waals surface area contributed by atoms with Crippen molar-refractivity contribution < 1.29 is 13.9 Å². The highest BCUT2D eigenvalue weighted by atomic mass is 19.1. The Bertz CT molecular complexity index is 380. The second kappa shape index (κ2) is 3.40. The first-order chi connectivity index (χ1) is 6.98. The van der Waals surface area contributed by atoms with E-state index in [9.17, 15) is 4.39 Å². The molecule has 2 nitrogen and oxygen atoms in total. The van der Waals surface area contributed by atoms with Gasteiger partial charge < -0.3 is 9.47 Å². The summed E-state index contributed by atoms with van der Waals surface area (Å²) in [5, 5.41) is 0. The zero-order valence-corrected chi connectivity index (χ0v) is 9.26. The summed E-state index contributed by atoms with van der Waals surface area (Å²) in [5.41, 5.74) is 0.713. The lowest BCUT2D eigenvalue weighted by Crippen LogP contribution is -2.21. The highest BCUT2D eigenvalue weighted by Gasteiger charge is 2.25. The topological polar surface area (TPSA) is 18.5 Å². The maximum absolute atomic E-state index is 13.3. The van der Waals surface area contributed by atoms with E-state index in [-0.39, 0.29) is 11.2 Å². The van der Waals surface area contributed by atoms with Crippen LogP contribution in [-0.4, -0.2) is 13.2 Å². The predicted molar refractivity (Wildman–Crippen MR) is 56.1 cm³/mol. The summed E-state index contributed by atoms with van der Waals surface area (Å²) >= 11 is 0. The summed E-state index contributed by atoms with van der Waals surface area (Å²) < 4.78 is 24.3. The van der Waals surface area contributed by atoms with Crippen LogP contribution < -0.4 is 9.47 Å². The molecule has 3 heteroatoms. The number of hydrogen-bond acceptors (Lipinski definition) is 2. The Hall–Kier alpha value is -1.25. The summed E-state index contributed by atoms with van der Waals surface area (Å²) in [6.45, 7) is 7.10. The van der Waals surface area contributed by atoms with Gasteiger partial charge in [0, 0.05) is 11.6 Å². The third kappa shape index (κ3) is 1.91. The molecule has 1 aromatic carbocycles. The second-order valence-electron chi connectivity index (χ2n) is 4.73. The SMILES string of the molecule is CC(C)(C)c1cc(F)cc2c1OCCO2. The zero-order valence-electron chi connectivity index (χ0n) is 9.26. The summed E-state index contributed by atoms with van der Waals surface area (Å²) in [6, 6.07) is 2.90. The Labute approximate surface area is 89.0 Å². The van der Waals surface area contributed by atoms with Crippen molar-refractivity contribution >= 4 is 0 Å². The third-order valence-electron chi connectivity index (χ3n) is 2.41. The van der Waals surface area contributed by atoms with E-state index in [1.165, 1.54) is 12.1 Å². The van der Waals surface area contributed by atoms with Crippen molar-refractivity contribution in [1.29, 1.82) is 0 Å². The van der Waals surface area contributed by atoms with Crippen LogP contribution in [0.3, 0.4) is 0 Å². The Morgan fingerprint density at radius 3 is 2.47 bits per heavy atom. The van der Waals surface area contributed by atoms with Crippen LogP contribution in [0, 0.1) is 5.82 Å². The quantitative estimate of drug-likeness (QED) is 0.655. The summed E-state index contributed by atoms with van der Waals surface area (Å²) in [5.74, 6) is 0.936. The van der Waals surface area contributed by atoms with Crippen LogP contribution in [0.1, 0.15) is 26.3 Å². The average Bonchev–Trinajstić information content (AvgIpc) is 2.15. The monoisotopic (exact) mass is 210 g/mol. The normalized spacial score (nSPS) is 15.2. The van der Waals surface area contributed by atoms with Gasteiger partial charge in [0.2, 0.25) is 0 Å². The largest absolute Gasteiger partial charge is 0.486 e. The number of ether oxygens (including phenoxy) is 2. The van der Waals surface area contributed by atoms with Gasteiger partial charge in [-0.1, -0.05) is 20.8 Å². The first-order valence-corrected chi connectivity index (χ1v) is 5.08. The van der Waals surface area contributed by atoms with Crippen LogP contribution in [0.25, 0.3) is 0 Å². The Balaban J connectivity index is 2.58. The van der Waals surface area contributed by atoms with E-state index in [0.29, 0.717) is 24.7 Å². The fourth-order valence-electron chi connectivity index (χ4n) is 1.68. The molecular weight excluding hydrogens is 195 g/mol. The molecule has 0 saturated carbocycles. The van der Waals surface area contributed by atoms with Crippen molar-refractivity contribution in [2.45, 2.75) is 26.2 Å². The lowest BCUT2D eigenvalue weighted by atomic mass is 9.86. The van der Waals surface area contributed by atoms with Crippen molar-refractivity contribution in [1.82, 2.24) is 0 Å². The highest BCUT2D eigenvalue weighted by Crippen LogP contribution is 2.40. The first-order valence-electron chi connectivity index (χ1n) is 5.08. The molecule has 0 amide bonds. The lowest BCUT2D eigenvalue weighted by molar-refractivity contribution is 0.167. The highest BCUT2D eigenvalue weighted by molar-refractivity contribution is 5.50. The Morgan fingerprint density at radius 1 is 1.13 bits per heavy atom. The van der Waals surface area contributed by atoms with Crippen LogP contribution in [0.5, 0.6) is 11.5 Å². The molecular formula is C12H15FO2. The molecule has 15 heavy (non-hydrogen) atoms. The predicted octanol–water partition coefficient (Wildman–Crippen LogP) is 2.89. The lowest BCUT2D eigenvalue weighted by Gasteiger charge is -2.27.